The van der Waals surface area contributed by atoms with Crippen molar-refractivity contribution in [2.24, 2.45) is 0 Å². The van der Waals surface area contributed by atoms with E-state index in [4.69, 9.17) is 5.11 Å². The Morgan fingerprint density at radius 1 is 1.30 bits per heavy atom. The average Bonchev–Trinajstić information content (AvgIpc) is 2.76. The molecule has 0 aliphatic carbocycles. The zero-order valence-corrected chi connectivity index (χ0v) is 9.86. The zero-order valence-electron chi connectivity index (χ0n) is 9.86. The van der Waals surface area contributed by atoms with E-state index >= 15 is 0 Å². The van der Waals surface area contributed by atoms with Crippen LogP contribution in [0.2, 0.25) is 0 Å². The maximum absolute atomic E-state index is 13.2. The fourth-order valence-electron chi connectivity index (χ4n) is 1.65. The molecule has 0 unspecified atom stereocenters. The second-order valence-corrected chi connectivity index (χ2v) is 4.08. The Bertz CT molecular complexity index is 649. The van der Waals surface area contributed by atoms with Gasteiger partial charge in [-0.05, 0) is 23.8 Å². The highest BCUT2D eigenvalue weighted by atomic mass is 19.4. The Morgan fingerprint density at radius 3 is 2.55 bits per heavy atom. The van der Waals surface area contributed by atoms with E-state index < -0.39 is 23.5 Å². The molecule has 0 aliphatic heterocycles. The van der Waals surface area contributed by atoms with E-state index in [-0.39, 0.29) is 17.7 Å². The fourth-order valence-corrected chi connectivity index (χ4v) is 1.65. The van der Waals surface area contributed by atoms with Crippen molar-refractivity contribution < 1.29 is 27.5 Å². The van der Waals surface area contributed by atoms with Gasteiger partial charge in [0.2, 0.25) is 0 Å². The lowest BCUT2D eigenvalue weighted by Gasteiger charge is -2.04. The van der Waals surface area contributed by atoms with Crippen LogP contribution in [0.5, 0.6) is 0 Å². The van der Waals surface area contributed by atoms with Crippen LogP contribution >= 0.6 is 0 Å². The first-order valence-corrected chi connectivity index (χ1v) is 5.38. The summed E-state index contributed by atoms with van der Waals surface area (Å²) in [4.78, 5) is 10.8. The molecule has 0 atom stereocenters. The smallest absolute Gasteiger partial charge is 0.419 e. The molecule has 1 aromatic carbocycles. The van der Waals surface area contributed by atoms with Crippen molar-refractivity contribution in [2.45, 2.75) is 12.7 Å². The molecule has 0 radical (unpaired) electrons. The van der Waals surface area contributed by atoms with Gasteiger partial charge in [0.05, 0.1) is 23.9 Å². The normalized spacial score (nSPS) is 11.6. The van der Waals surface area contributed by atoms with Crippen LogP contribution in [0, 0.1) is 5.82 Å². The van der Waals surface area contributed by atoms with Crippen molar-refractivity contribution in [1.82, 2.24) is 9.78 Å². The summed E-state index contributed by atoms with van der Waals surface area (Å²) < 4.78 is 51.3. The number of aromatic nitrogens is 2. The fraction of sp³-hybridized carbons (Fsp3) is 0.167. The molecular weight excluding hydrogens is 280 g/mol. The monoisotopic (exact) mass is 288 g/mol. The van der Waals surface area contributed by atoms with E-state index in [0.717, 1.165) is 23.0 Å². The highest BCUT2D eigenvalue weighted by Crippen LogP contribution is 2.28. The van der Waals surface area contributed by atoms with E-state index in [2.05, 4.69) is 5.10 Å². The molecule has 0 saturated carbocycles. The Balaban J connectivity index is 2.26. The lowest BCUT2D eigenvalue weighted by Crippen LogP contribution is -2.05. The largest absolute Gasteiger partial charge is 0.478 e. The third-order valence-corrected chi connectivity index (χ3v) is 2.51. The summed E-state index contributed by atoms with van der Waals surface area (Å²) in [6, 6.07) is 3.05. The minimum atomic E-state index is -4.51. The van der Waals surface area contributed by atoms with Gasteiger partial charge >= 0.3 is 12.1 Å². The molecule has 0 fully saturated rings. The molecule has 106 valence electrons. The first-order chi connectivity index (χ1) is 9.25. The molecule has 0 amide bonds. The molecule has 8 heteroatoms. The Labute approximate surface area is 110 Å². The van der Waals surface area contributed by atoms with Gasteiger partial charge in [-0.1, -0.05) is 0 Å². The summed E-state index contributed by atoms with van der Waals surface area (Å²) in [6.45, 7) is -0.159. The second-order valence-electron chi connectivity index (χ2n) is 4.08. The van der Waals surface area contributed by atoms with E-state index in [0.29, 0.717) is 6.20 Å². The van der Waals surface area contributed by atoms with Crippen LogP contribution in [-0.2, 0) is 12.7 Å². The Morgan fingerprint density at radius 2 is 2.00 bits per heavy atom. The van der Waals surface area contributed by atoms with Gasteiger partial charge in [-0.15, -0.1) is 0 Å². The number of hydrogen-bond donors (Lipinski definition) is 1. The first-order valence-electron chi connectivity index (χ1n) is 5.38. The quantitative estimate of drug-likeness (QED) is 0.884. The number of carboxylic acid groups (broad SMARTS) is 1. The van der Waals surface area contributed by atoms with E-state index in [1.165, 1.54) is 6.07 Å². The van der Waals surface area contributed by atoms with Gasteiger partial charge in [-0.3, -0.25) is 4.68 Å². The van der Waals surface area contributed by atoms with Gasteiger partial charge in [0.15, 0.2) is 0 Å². The number of benzene rings is 1. The molecule has 0 bridgehead atoms. The molecule has 20 heavy (non-hydrogen) atoms. The third kappa shape index (κ3) is 3.14. The summed E-state index contributed by atoms with van der Waals surface area (Å²) in [7, 11) is 0. The van der Waals surface area contributed by atoms with Crippen LogP contribution in [0.15, 0.2) is 30.6 Å². The summed E-state index contributed by atoms with van der Waals surface area (Å²) in [5, 5.41) is 12.3. The number of carbonyl (C=O) groups is 1. The number of hydrogen-bond acceptors (Lipinski definition) is 2. The maximum atomic E-state index is 13.2. The molecule has 0 saturated heterocycles. The summed E-state index contributed by atoms with van der Waals surface area (Å²) in [5.41, 5.74) is -0.991. The van der Waals surface area contributed by atoms with Crippen molar-refractivity contribution in [3.63, 3.8) is 0 Å². The van der Waals surface area contributed by atoms with Crippen LogP contribution in [-0.4, -0.2) is 20.9 Å². The zero-order chi connectivity index (χ0) is 14.9. The van der Waals surface area contributed by atoms with E-state index in [1.54, 1.807) is 0 Å². The summed E-state index contributed by atoms with van der Waals surface area (Å²) >= 11 is 0. The van der Waals surface area contributed by atoms with E-state index in [1.807, 2.05) is 0 Å². The highest BCUT2D eigenvalue weighted by molar-refractivity contribution is 5.87. The van der Waals surface area contributed by atoms with Crippen LogP contribution in [0.3, 0.4) is 0 Å². The minimum Gasteiger partial charge on any atom is -0.478 e. The van der Waals surface area contributed by atoms with Crippen LogP contribution < -0.4 is 0 Å². The number of aromatic carboxylic acids is 1. The molecule has 2 aromatic rings. The number of alkyl halides is 3. The third-order valence-electron chi connectivity index (χ3n) is 2.51. The van der Waals surface area contributed by atoms with Gasteiger partial charge in [-0.2, -0.15) is 18.3 Å². The Kier molecular flexibility index (Phi) is 3.47. The topological polar surface area (TPSA) is 55.1 Å². The predicted octanol–water partition coefficient (Wildman–Crippen LogP) is 2.79. The molecule has 1 N–H and O–H groups in total. The van der Waals surface area contributed by atoms with Crippen molar-refractivity contribution in [1.29, 1.82) is 0 Å². The van der Waals surface area contributed by atoms with Crippen LogP contribution in [0.25, 0.3) is 0 Å². The van der Waals surface area contributed by atoms with E-state index in [9.17, 15) is 22.4 Å². The van der Waals surface area contributed by atoms with Gasteiger partial charge in [0.25, 0.3) is 0 Å². The van der Waals surface area contributed by atoms with Gasteiger partial charge < -0.3 is 5.11 Å². The molecule has 1 heterocycles. The molecule has 1 aromatic heterocycles. The summed E-state index contributed by atoms with van der Waals surface area (Å²) in [5.74, 6) is -2.09. The number of halogens is 4. The SMILES string of the molecule is O=C(O)c1cc(F)cc(Cn2cc(C(F)(F)F)cn2)c1. The van der Waals surface area contributed by atoms with Crippen LogP contribution in [0.1, 0.15) is 21.5 Å². The maximum Gasteiger partial charge on any atom is 0.419 e. The number of carboxylic acids is 1. The number of nitrogens with zero attached hydrogens (tertiary/aromatic N) is 2. The lowest BCUT2D eigenvalue weighted by atomic mass is 10.1. The molecule has 0 aliphatic rings. The van der Waals surface area contributed by atoms with Gasteiger partial charge in [0.1, 0.15) is 5.82 Å². The van der Waals surface area contributed by atoms with Gasteiger partial charge in [0, 0.05) is 6.20 Å². The van der Waals surface area contributed by atoms with Crippen molar-refractivity contribution in [2.75, 3.05) is 0 Å². The van der Waals surface area contributed by atoms with Crippen molar-refractivity contribution in [3.8, 4) is 0 Å². The minimum absolute atomic E-state index is 0.159. The average molecular weight is 288 g/mol. The van der Waals surface area contributed by atoms with Gasteiger partial charge in [-0.25, -0.2) is 9.18 Å². The van der Waals surface area contributed by atoms with Crippen molar-refractivity contribution >= 4 is 5.97 Å². The lowest BCUT2D eigenvalue weighted by molar-refractivity contribution is -0.137. The number of rotatable bonds is 3. The molecule has 4 nitrogen and oxygen atoms in total. The second kappa shape index (κ2) is 4.95. The standard InChI is InChI=1S/C12H8F4N2O2/c13-10-2-7(1-8(3-10)11(19)20)5-18-6-9(4-17-18)12(14,15)16/h1-4,6H,5H2,(H,19,20). The van der Waals surface area contributed by atoms with Crippen LogP contribution in [0.4, 0.5) is 17.6 Å². The molecule has 2 rings (SSSR count). The van der Waals surface area contributed by atoms with Crippen molar-refractivity contribution in [3.05, 3.63) is 53.1 Å². The molecule has 0 spiro atoms. The first kappa shape index (κ1) is 14.0. The summed E-state index contributed by atoms with van der Waals surface area (Å²) in [6.07, 6.45) is -3.09. The highest BCUT2D eigenvalue weighted by Gasteiger charge is 2.32. The molecular formula is C12H8F4N2O2. The predicted molar refractivity (Wildman–Crippen MR) is 59.7 cm³/mol. The Hall–Kier alpha value is -2.38.